The van der Waals surface area contributed by atoms with Crippen LogP contribution >= 0.6 is 11.6 Å². The predicted molar refractivity (Wildman–Crippen MR) is 108 cm³/mol. The van der Waals surface area contributed by atoms with Gasteiger partial charge in [-0.3, -0.25) is 0 Å². The monoisotopic (exact) mass is 386 g/mol. The molecule has 0 saturated heterocycles. The Kier molecular flexibility index (Phi) is 6.74. The maximum absolute atomic E-state index is 10.4. The van der Waals surface area contributed by atoms with Crippen molar-refractivity contribution >= 4 is 28.9 Å². The Morgan fingerprint density at radius 2 is 2.07 bits per heavy atom. The molecule has 0 fully saturated rings. The van der Waals surface area contributed by atoms with Crippen LogP contribution in [0.1, 0.15) is 18.4 Å². The first-order chi connectivity index (χ1) is 13.1. The number of ether oxygens (including phenoxy) is 1. The van der Waals surface area contributed by atoms with Crippen LogP contribution in [0.3, 0.4) is 0 Å². The average molecular weight is 387 g/mol. The van der Waals surface area contributed by atoms with E-state index in [1.807, 2.05) is 30.3 Å². The van der Waals surface area contributed by atoms with Gasteiger partial charge >= 0.3 is 5.97 Å². The van der Waals surface area contributed by atoms with E-state index in [2.05, 4.69) is 22.3 Å². The van der Waals surface area contributed by atoms with E-state index < -0.39 is 5.97 Å². The number of carboxylic acid groups (broad SMARTS) is 1. The van der Waals surface area contributed by atoms with E-state index in [-0.39, 0.29) is 0 Å². The van der Waals surface area contributed by atoms with Gasteiger partial charge in [0.05, 0.1) is 5.69 Å². The van der Waals surface area contributed by atoms with Crippen molar-refractivity contribution in [2.75, 3.05) is 24.5 Å². The second-order valence-corrected chi connectivity index (χ2v) is 6.77. The standard InChI is InChI=1S/C21H23ClN2O3/c22-17-9-10-20-19(14-17)24(18-7-2-1-6-16(18)15-27-20)13-4-3-11-23-12-5-8-21(25)26/h1-2,5-10,14,23H,3-4,11-13,15H2,(H,25,26)/b8-5+. The van der Waals surface area contributed by atoms with Gasteiger partial charge in [-0.25, -0.2) is 4.79 Å². The molecule has 1 heterocycles. The SMILES string of the molecule is O=C(O)/C=C/CNCCCCN1c2ccccc2COc2ccc(Cl)cc21. The maximum Gasteiger partial charge on any atom is 0.328 e. The topological polar surface area (TPSA) is 61.8 Å². The van der Waals surface area contributed by atoms with E-state index >= 15 is 0 Å². The van der Waals surface area contributed by atoms with Crippen LogP contribution in [0.5, 0.6) is 5.75 Å². The zero-order valence-corrected chi connectivity index (χ0v) is 15.8. The largest absolute Gasteiger partial charge is 0.487 e. The molecule has 142 valence electrons. The summed E-state index contributed by atoms with van der Waals surface area (Å²) < 4.78 is 5.98. The van der Waals surface area contributed by atoms with Gasteiger partial charge in [0, 0.05) is 35.4 Å². The van der Waals surface area contributed by atoms with Crippen LogP contribution in [0.4, 0.5) is 11.4 Å². The van der Waals surface area contributed by atoms with Crippen molar-refractivity contribution in [3.63, 3.8) is 0 Å². The lowest BCUT2D eigenvalue weighted by Crippen LogP contribution is -2.21. The Bertz CT molecular complexity index is 823. The zero-order chi connectivity index (χ0) is 19.1. The van der Waals surface area contributed by atoms with Gasteiger partial charge in [0.25, 0.3) is 0 Å². The second-order valence-electron chi connectivity index (χ2n) is 6.33. The number of fused-ring (bicyclic) bond motifs is 2. The molecule has 0 spiro atoms. The molecular weight excluding hydrogens is 364 g/mol. The van der Waals surface area contributed by atoms with Crippen LogP contribution in [0.2, 0.25) is 5.02 Å². The number of rotatable bonds is 8. The summed E-state index contributed by atoms with van der Waals surface area (Å²) in [6.45, 7) is 2.78. The van der Waals surface area contributed by atoms with E-state index in [4.69, 9.17) is 21.4 Å². The van der Waals surface area contributed by atoms with Gasteiger partial charge in [-0.2, -0.15) is 0 Å². The number of carboxylic acids is 1. The van der Waals surface area contributed by atoms with Crippen LogP contribution in [0.15, 0.2) is 54.6 Å². The second kappa shape index (κ2) is 9.44. The van der Waals surface area contributed by atoms with Gasteiger partial charge in [-0.1, -0.05) is 35.9 Å². The number of carbonyl (C=O) groups is 1. The lowest BCUT2D eigenvalue weighted by molar-refractivity contribution is -0.131. The summed E-state index contributed by atoms with van der Waals surface area (Å²) in [5.41, 5.74) is 3.29. The number of nitrogens with one attached hydrogen (secondary N) is 1. The molecule has 2 aromatic rings. The first-order valence-electron chi connectivity index (χ1n) is 9.03. The number of nitrogens with zero attached hydrogens (tertiary/aromatic N) is 1. The minimum atomic E-state index is -0.920. The summed E-state index contributed by atoms with van der Waals surface area (Å²) in [5.74, 6) is -0.0799. The van der Waals surface area contributed by atoms with Crippen LogP contribution in [0.25, 0.3) is 0 Å². The number of benzene rings is 2. The molecule has 0 aliphatic carbocycles. The minimum Gasteiger partial charge on any atom is -0.487 e. The fourth-order valence-electron chi connectivity index (χ4n) is 3.11. The number of para-hydroxylation sites is 1. The molecule has 0 radical (unpaired) electrons. The summed E-state index contributed by atoms with van der Waals surface area (Å²) in [6.07, 6.45) is 4.73. The first-order valence-corrected chi connectivity index (χ1v) is 9.41. The predicted octanol–water partition coefficient (Wildman–Crippen LogP) is 4.38. The highest BCUT2D eigenvalue weighted by atomic mass is 35.5. The van der Waals surface area contributed by atoms with Crippen LogP contribution in [0, 0.1) is 0 Å². The average Bonchev–Trinajstić information content (AvgIpc) is 2.80. The number of halogens is 1. The Morgan fingerprint density at radius 1 is 1.22 bits per heavy atom. The zero-order valence-electron chi connectivity index (χ0n) is 15.0. The van der Waals surface area contributed by atoms with Gasteiger partial charge in [0.1, 0.15) is 12.4 Å². The summed E-state index contributed by atoms with van der Waals surface area (Å²) in [4.78, 5) is 12.7. The van der Waals surface area contributed by atoms with Gasteiger partial charge in [0.15, 0.2) is 0 Å². The molecule has 2 aromatic carbocycles. The molecule has 1 aliphatic rings. The highest BCUT2D eigenvalue weighted by Crippen LogP contribution is 2.40. The first kappa shape index (κ1) is 19.3. The fraction of sp³-hybridized carbons (Fsp3) is 0.286. The third-order valence-corrected chi connectivity index (χ3v) is 4.62. The quantitative estimate of drug-likeness (QED) is 0.520. The number of unbranched alkanes of at least 4 members (excludes halogenated alkanes) is 1. The Labute approximate surface area is 164 Å². The molecule has 3 rings (SSSR count). The van der Waals surface area contributed by atoms with E-state index in [0.717, 1.165) is 54.7 Å². The number of hydrogen-bond donors (Lipinski definition) is 2. The number of anilines is 2. The number of aliphatic carboxylic acids is 1. The Morgan fingerprint density at radius 3 is 2.93 bits per heavy atom. The van der Waals surface area contributed by atoms with E-state index in [1.165, 1.54) is 0 Å². The molecule has 0 aromatic heterocycles. The molecule has 0 unspecified atom stereocenters. The van der Waals surface area contributed by atoms with Gasteiger partial charge in [-0.15, -0.1) is 0 Å². The summed E-state index contributed by atoms with van der Waals surface area (Å²) in [6, 6.07) is 14.0. The third kappa shape index (κ3) is 5.25. The number of hydrogen-bond acceptors (Lipinski definition) is 4. The molecule has 5 nitrogen and oxygen atoms in total. The molecule has 0 bridgehead atoms. The normalized spacial score (nSPS) is 13.0. The van der Waals surface area contributed by atoms with Crippen molar-refractivity contribution in [3.05, 3.63) is 65.2 Å². The van der Waals surface area contributed by atoms with Crippen molar-refractivity contribution in [1.29, 1.82) is 0 Å². The maximum atomic E-state index is 10.4. The molecule has 0 amide bonds. The smallest absolute Gasteiger partial charge is 0.328 e. The van der Waals surface area contributed by atoms with Gasteiger partial charge in [-0.05, 0) is 43.7 Å². The molecule has 6 heteroatoms. The van der Waals surface area contributed by atoms with E-state index in [0.29, 0.717) is 18.2 Å². The lowest BCUT2D eigenvalue weighted by Gasteiger charge is -2.26. The molecule has 1 aliphatic heterocycles. The van der Waals surface area contributed by atoms with Crippen molar-refractivity contribution in [3.8, 4) is 5.75 Å². The summed E-state index contributed by atoms with van der Waals surface area (Å²) in [7, 11) is 0. The van der Waals surface area contributed by atoms with Crippen LogP contribution < -0.4 is 15.0 Å². The molecular formula is C21H23ClN2O3. The lowest BCUT2D eigenvalue weighted by atomic mass is 10.1. The van der Waals surface area contributed by atoms with Gasteiger partial charge < -0.3 is 20.1 Å². The Hall–Kier alpha value is -2.50. The van der Waals surface area contributed by atoms with Crippen LogP contribution in [-0.4, -0.2) is 30.7 Å². The van der Waals surface area contributed by atoms with Crippen molar-refractivity contribution < 1.29 is 14.6 Å². The highest BCUT2D eigenvalue weighted by molar-refractivity contribution is 6.31. The summed E-state index contributed by atoms with van der Waals surface area (Å²) in [5, 5.41) is 12.5. The van der Waals surface area contributed by atoms with E-state index in [1.54, 1.807) is 6.08 Å². The highest BCUT2D eigenvalue weighted by Gasteiger charge is 2.21. The van der Waals surface area contributed by atoms with Crippen molar-refractivity contribution in [2.24, 2.45) is 0 Å². The molecule has 0 saturated carbocycles. The van der Waals surface area contributed by atoms with Gasteiger partial charge in [0.2, 0.25) is 0 Å². The minimum absolute atomic E-state index is 0.540. The van der Waals surface area contributed by atoms with Crippen molar-refractivity contribution in [2.45, 2.75) is 19.4 Å². The summed E-state index contributed by atoms with van der Waals surface area (Å²) >= 11 is 6.24. The van der Waals surface area contributed by atoms with Crippen LogP contribution in [-0.2, 0) is 11.4 Å². The fourth-order valence-corrected chi connectivity index (χ4v) is 3.28. The Balaban J connectivity index is 1.64. The molecule has 27 heavy (non-hydrogen) atoms. The third-order valence-electron chi connectivity index (χ3n) is 4.39. The van der Waals surface area contributed by atoms with Crippen molar-refractivity contribution in [1.82, 2.24) is 5.32 Å². The molecule has 0 atom stereocenters. The van der Waals surface area contributed by atoms with E-state index in [9.17, 15) is 4.79 Å². The molecule has 2 N–H and O–H groups in total.